The van der Waals surface area contributed by atoms with Gasteiger partial charge in [0.25, 0.3) is 5.91 Å². The Hall–Kier alpha value is -2.66. The van der Waals surface area contributed by atoms with Gasteiger partial charge in [-0.15, -0.1) is 0 Å². The summed E-state index contributed by atoms with van der Waals surface area (Å²) in [5, 5.41) is 12.4. The Balaban J connectivity index is 1.81. The number of nitrogens with zero attached hydrogens (tertiary/aromatic N) is 2. The van der Waals surface area contributed by atoms with Crippen LogP contribution in [-0.4, -0.2) is 31.7 Å². The minimum Gasteiger partial charge on any atom is -0.321 e. The minimum atomic E-state index is -3.62. The van der Waals surface area contributed by atoms with Crippen molar-refractivity contribution in [3.63, 3.8) is 0 Å². The van der Waals surface area contributed by atoms with E-state index < -0.39 is 15.9 Å². The van der Waals surface area contributed by atoms with Gasteiger partial charge in [-0.1, -0.05) is 42.3 Å². The average Bonchev–Trinajstić information content (AvgIpc) is 2.74. The maximum absolute atomic E-state index is 12.8. The van der Waals surface area contributed by atoms with Crippen molar-refractivity contribution in [2.75, 3.05) is 18.4 Å². The first-order valence-corrected chi connectivity index (χ1v) is 11.0. The SMILES string of the molecule is N#C/C(=C\c1ccccc1Cl)C(=O)Nc1cccc(S(=O)(=O)N2CCCCC2)c1. The Morgan fingerprint density at radius 1 is 1.10 bits per heavy atom. The molecule has 3 rings (SSSR count). The minimum absolute atomic E-state index is 0.116. The fourth-order valence-electron chi connectivity index (χ4n) is 3.08. The number of piperidine rings is 1. The second kappa shape index (κ2) is 9.23. The van der Waals surface area contributed by atoms with Gasteiger partial charge >= 0.3 is 0 Å². The van der Waals surface area contributed by atoms with Crippen molar-refractivity contribution in [3.8, 4) is 6.07 Å². The molecule has 1 N–H and O–H groups in total. The Bertz CT molecular complexity index is 1080. The van der Waals surface area contributed by atoms with E-state index in [9.17, 15) is 18.5 Å². The summed E-state index contributed by atoms with van der Waals surface area (Å²) in [6, 6.07) is 14.8. The number of rotatable bonds is 5. The van der Waals surface area contributed by atoms with Crippen LogP contribution in [-0.2, 0) is 14.8 Å². The normalized spacial score (nSPS) is 15.5. The molecule has 1 amide bonds. The van der Waals surface area contributed by atoms with Gasteiger partial charge in [0.2, 0.25) is 10.0 Å². The number of nitrogens with one attached hydrogen (secondary N) is 1. The number of benzene rings is 2. The fraction of sp³-hybridized carbons (Fsp3) is 0.238. The number of carbonyl (C=O) groups excluding carboxylic acids is 1. The van der Waals surface area contributed by atoms with Gasteiger partial charge < -0.3 is 5.32 Å². The van der Waals surface area contributed by atoms with Crippen molar-refractivity contribution < 1.29 is 13.2 Å². The second-order valence-corrected chi connectivity index (χ2v) is 8.98. The molecule has 0 spiro atoms. The molecule has 150 valence electrons. The summed E-state index contributed by atoms with van der Waals surface area (Å²) in [6.45, 7) is 0.996. The molecule has 1 aliphatic rings. The molecule has 0 saturated carbocycles. The van der Waals surface area contributed by atoms with Crippen LogP contribution in [0.4, 0.5) is 5.69 Å². The van der Waals surface area contributed by atoms with Gasteiger partial charge in [-0.25, -0.2) is 8.42 Å². The topological polar surface area (TPSA) is 90.3 Å². The number of halogens is 1. The molecule has 1 saturated heterocycles. The van der Waals surface area contributed by atoms with E-state index in [0.29, 0.717) is 29.4 Å². The lowest BCUT2D eigenvalue weighted by molar-refractivity contribution is -0.112. The van der Waals surface area contributed by atoms with Crippen LogP contribution in [0.2, 0.25) is 5.02 Å². The van der Waals surface area contributed by atoms with Crippen LogP contribution >= 0.6 is 11.6 Å². The van der Waals surface area contributed by atoms with Crippen LogP contribution in [0.3, 0.4) is 0 Å². The molecular weight excluding hydrogens is 410 g/mol. The van der Waals surface area contributed by atoms with E-state index in [-0.39, 0.29) is 10.5 Å². The first-order chi connectivity index (χ1) is 13.9. The van der Waals surface area contributed by atoms with Gasteiger partial charge in [0.1, 0.15) is 11.6 Å². The summed E-state index contributed by atoms with van der Waals surface area (Å²) in [5.74, 6) is -0.639. The van der Waals surface area contributed by atoms with Crippen LogP contribution in [0.15, 0.2) is 59.0 Å². The number of hydrogen-bond acceptors (Lipinski definition) is 4. The molecule has 8 heteroatoms. The van der Waals surface area contributed by atoms with Crippen molar-refractivity contribution in [1.82, 2.24) is 4.31 Å². The molecule has 0 aliphatic carbocycles. The highest BCUT2D eigenvalue weighted by atomic mass is 35.5. The van der Waals surface area contributed by atoms with Gasteiger partial charge in [0, 0.05) is 23.8 Å². The zero-order chi connectivity index (χ0) is 20.9. The Morgan fingerprint density at radius 3 is 2.52 bits per heavy atom. The summed E-state index contributed by atoms with van der Waals surface area (Å²) in [6.07, 6.45) is 4.10. The van der Waals surface area contributed by atoms with E-state index in [1.54, 1.807) is 36.4 Å². The Morgan fingerprint density at radius 2 is 1.83 bits per heavy atom. The summed E-state index contributed by atoms with van der Waals surface area (Å²) in [5.41, 5.74) is 0.707. The van der Waals surface area contributed by atoms with E-state index in [2.05, 4.69) is 5.32 Å². The highest BCUT2D eigenvalue weighted by Gasteiger charge is 2.26. The first-order valence-electron chi connectivity index (χ1n) is 9.20. The number of amides is 1. The van der Waals surface area contributed by atoms with Gasteiger partial charge in [0.05, 0.1) is 4.90 Å². The molecule has 0 unspecified atom stereocenters. The van der Waals surface area contributed by atoms with Crippen molar-refractivity contribution in [3.05, 3.63) is 64.7 Å². The van der Waals surface area contributed by atoms with Crippen molar-refractivity contribution in [2.45, 2.75) is 24.2 Å². The smallest absolute Gasteiger partial charge is 0.266 e. The first kappa shape index (κ1) is 21.1. The summed E-state index contributed by atoms with van der Waals surface area (Å²) in [4.78, 5) is 12.6. The molecule has 1 heterocycles. The molecule has 0 aromatic heterocycles. The van der Waals surface area contributed by atoms with Crippen molar-refractivity contribution in [1.29, 1.82) is 5.26 Å². The van der Waals surface area contributed by atoms with Crippen molar-refractivity contribution in [2.24, 2.45) is 0 Å². The van der Waals surface area contributed by atoms with E-state index in [0.717, 1.165) is 19.3 Å². The second-order valence-electron chi connectivity index (χ2n) is 6.64. The molecule has 2 aromatic carbocycles. The zero-order valence-corrected chi connectivity index (χ0v) is 17.2. The van der Waals surface area contributed by atoms with Gasteiger partial charge in [-0.05, 0) is 48.7 Å². The lowest BCUT2D eigenvalue weighted by Crippen LogP contribution is -2.35. The molecule has 1 aliphatic heterocycles. The molecule has 0 radical (unpaired) electrons. The maximum atomic E-state index is 12.8. The number of nitriles is 1. The van der Waals surface area contributed by atoms with Crippen LogP contribution in [0.5, 0.6) is 0 Å². The predicted octanol–water partition coefficient (Wildman–Crippen LogP) is 4.06. The third-order valence-electron chi connectivity index (χ3n) is 4.61. The molecule has 0 atom stereocenters. The molecule has 0 bridgehead atoms. The van der Waals surface area contributed by atoms with E-state index in [1.165, 1.54) is 22.5 Å². The largest absolute Gasteiger partial charge is 0.321 e. The summed E-state index contributed by atoms with van der Waals surface area (Å²) < 4.78 is 27.1. The highest BCUT2D eigenvalue weighted by Crippen LogP contribution is 2.23. The number of anilines is 1. The van der Waals surface area contributed by atoms with Gasteiger partial charge in [0.15, 0.2) is 0 Å². The third-order valence-corrected chi connectivity index (χ3v) is 6.85. The van der Waals surface area contributed by atoms with Crippen LogP contribution in [0.1, 0.15) is 24.8 Å². The lowest BCUT2D eigenvalue weighted by Gasteiger charge is -2.26. The highest BCUT2D eigenvalue weighted by molar-refractivity contribution is 7.89. The van der Waals surface area contributed by atoms with Crippen LogP contribution in [0.25, 0.3) is 6.08 Å². The number of carbonyl (C=O) groups is 1. The molecule has 6 nitrogen and oxygen atoms in total. The Kier molecular flexibility index (Phi) is 6.70. The standard InChI is InChI=1S/C21H20ClN3O3S/c22-20-10-3-2-7-16(20)13-17(15-23)21(26)24-18-8-6-9-19(14-18)29(27,28)25-11-4-1-5-12-25/h2-3,6-10,13-14H,1,4-5,11-12H2,(H,24,26)/b17-13+. The fourth-order valence-corrected chi connectivity index (χ4v) is 4.84. The van der Waals surface area contributed by atoms with Gasteiger partial charge in [-0.3, -0.25) is 4.79 Å². The molecular formula is C21H20ClN3O3S. The van der Waals surface area contributed by atoms with Crippen molar-refractivity contribution >= 4 is 39.3 Å². The van der Waals surface area contributed by atoms with Gasteiger partial charge in [-0.2, -0.15) is 9.57 Å². The lowest BCUT2D eigenvalue weighted by atomic mass is 10.1. The Labute approximate surface area is 175 Å². The monoisotopic (exact) mass is 429 g/mol. The third kappa shape index (κ3) is 5.04. The van der Waals surface area contributed by atoms with Crippen LogP contribution < -0.4 is 5.32 Å². The molecule has 2 aromatic rings. The average molecular weight is 430 g/mol. The zero-order valence-electron chi connectivity index (χ0n) is 15.6. The van der Waals surface area contributed by atoms with E-state index >= 15 is 0 Å². The predicted molar refractivity (Wildman–Crippen MR) is 113 cm³/mol. The number of sulfonamides is 1. The molecule has 29 heavy (non-hydrogen) atoms. The van der Waals surface area contributed by atoms with E-state index in [4.69, 9.17) is 11.6 Å². The summed E-state index contributed by atoms with van der Waals surface area (Å²) >= 11 is 6.08. The molecule has 1 fully saturated rings. The van der Waals surface area contributed by atoms with E-state index in [1.807, 2.05) is 6.07 Å². The number of hydrogen-bond donors (Lipinski definition) is 1. The quantitative estimate of drug-likeness (QED) is 0.573. The van der Waals surface area contributed by atoms with Crippen LogP contribution in [0, 0.1) is 11.3 Å². The maximum Gasteiger partial charge on any atom is 0.266 e. The summed E-state index contributed by atoms with van der Waals surface area (Å²) in [7, 11) is -3.62.